The number of aromatic nitrogens is 4. The van der Waals surface area contributed by atoms with Crippen LogP contribution in [0.5, 0.6) is 0 Å². The highest BCUT2D eigenvalue weighted by Crippen LogP contribution is 2.08. The lowest BCUT2D eigenvalue weighted by atomic mass is 10.2. The van der Waals surface area contributed by atoms with Crippen LogP contribution >= 0.6 is 0 Å². The fraction of sp³-hybridized carbons (Fsp3) is 0.333. The van der Waals surface area contributed by atoms with Gasteiger partial charge in [-0.05, 0) is 53.7 Å². The molecule has 0 aliphatic rings. The van der Waals surface area contributed by atoms with Gasteiger partial charge in [0.25, 0.3) is 0 Å². The van der Waals surface area contributed by atoms with Gasteiger partial charge in [0.15, 0.2) is 0 Å². The Morgan fingerprint density at radius 1 is 0.500 bits per heavy atom. The second-order valence-corrected chi connectivity index (χ2v) is 5.14. The molecule has 0 spiro atoms. The highest BCUT2D eigenvalue weighted by Gasteiger charge is 2.01. The first-order valence-corrected chi connectivity index (χ1v) is 7.18. The van der Waals surface area contributed by atoms with Gasteiger partial charge in [0.1, 0.15) is 0 Å². The summed E-state index contributed by atoms with van der Waals surface area (Å²) in [5, 5.41) is 0. The van der Waals surface area contributed by atoms with Crippen LogP contribution in [0.15, 0.2) is 13.2 Å². The van der Waals surface area contributed by atoms with E-state index in [-0.39, 0.29) is 0 Å². The van der Waals surface area contributed by atoms with Crippen LogP contribution in [0.2, 0.25) is 0 Å². The van der Waals surface area contributed by atoms with Crippen molar-refractivity contribution in [1.29, 1.82) is 0 Å². The Kier molecular flexibility index (Phi) is 6.11. The summed E-state index contributed by atoms with van der Waals surface area (Å²) in [5.74, 6) is 0. The van der Waals surface area contributed by atoms with Crippen molar-refractivity contribution in [2.24, 2.45) is 0 Å². The Balaban J connectivity index is 0.000000220. The van der Waals surface area contributed by atoms with E-state index in [2.05, 4.69) is 33.1 Å². The van der Waals surface area contributed by atoms with Crippen LogP contribution in [0.25, 0.3) is 12.2 Å². The summed E-state index contributed by atoms with van der Waals surface area (Å²) < 4.78 is 0. The number of hydrogen-bond donors (Lipinski definition) is 0. The van der Waals surface area contributed by atoms with Crippen LogP contribution in [0.3, 0.4) is 0 Å². The molecule has 2 aromatic rings. The zero-order valence-electron chi connectivity index (χ0n) is 14.4. The Labute approximate surface area is 133 Å². The average Bonchev–Trinajstić information content (AvgIpc) is 2.47. The molecule has 22 heavy (non-hydrogen) atoms. The van der Waals surface area contributed by atoms with E-state index in [1.807, 2.05) is 41.5 Å². The number of aryl methyl sites for hydroxylation is 6. The molecular formula is C18H24N4. The maximum atomic E-state index is 4.31. The zero-order valence-corrected chi connectivity index (χ0v) is 14.4. The highest BCUT2D eigenvalue weighted by molar-refractivity contribution is 5.45. The average molecular weight is 296 g/mol. The molecule has 0 radical (unpaired) electrons. The Bertz CT molecular complexity index is 641. The molecule has 2 aromatic heterocycles. The van der Waals surface area contributed by atoms with Gasteiger partial charge < -0.3 is 0 Å². The fourth-order valence-corrected chi connectivity index (χ4v) is 1.85. The standard InChI is InChI=1S/2C9H12N2/c2*1-5-9-8(4)10-6(2)7(3)11-9/h2*5H,1H2,2-4H3. The topological polar surface area (TPSA) is 51.6 Å². The van der Waals surface area contributed by atoms with Gasteiger partial charge in [0.2, 0.25) is 0 Å². The van der Waals surface area contributed by atoms with Gasteiger partial charge in [-0.2, -0.15) is 0 Å². The molecule has 0 fully saturated rings. The fourth-order valence-electron chi connectivity index (χ4n) is 1.85. The van der Waals surface area contributed by atoms with E-state index in [0.717, 1.165) is 45.6 Å². The van der Waals surface area contributed by atoms with Crippen LogP contribution < -0.4 is 0 Å². The van der Waals surface area contributed by atoms with Crippen molar-refractivity contribution < 1.29 is 0 Å². The molecule has 4 nitrogen and oxygen atoms in total. The smallest absolute Gasteiger partial charge is 0.0839 e. The van der Waals surface area contributed by atoms with Gasteiger partial charge in [0, 0.05) is 0 Å². The molecule has 2 heterocycles. The first-order valence-electron chi connectivity index (χ1n) is 7.18. The van der Waals surface area contributed by atoms with E-state index in [1.165, 1.54) is 0 Å². The van der Waals surface area contributed by atoms with Crippen molar-refractivity contribution in [3.8, 4) is 0 Å². The van der Waals surface area contributed by atoms with E-state index in [1.54, 1.807) is 12.2 Å². The molecule has 0 bridgehead atoms. The molecule has 2 rings (SSSR count). The molecule has 4 heteroatoms. The molecule has 0 N–H and O–H groups in total. The van der Waals surface area contributed by atoms with Gasteiger partial charge in [-0.3, -0.25) is 9.97 Å². The van der Waals surface area contributed by atoms with E-state index in [4.69, 9.17) is 0 Å². The zero-order chi connectivity index (χ0) is 16.9. The monoisotopic (exact) mass is 296 g/mol. The van der Waals surface area contributed by atoms with Gasteiger partial charge >= 0.3 is 0 Å². The second kappa shape index (κ2) is 7.59. The number of nitrogens with zero attached hydrogens (tertiary/aromatic N) is 4. The lowest BCUT2D eigenvalue weighted by Gasteiger charge is -2.02. The summed E-state index contributed by atoms with van der Waals surface area (Å²) in [6, 6.07) is 0. The summed E-state index contributed by atoms with van der Waals surface area (Å²) >= 11 is 0. The lowest BCUT2D eigenvalue weighted by molar-refractivity contribution is 0.991. The first-order chi connectivity index (χ1) is 10.3. The quantitative estimate of drug-likeness (QED) is 0.837. The molecule has 0 aliphatic carbocycles. The van der Waals surface area contributed by atoms with Gasteiger partial charge in [0.05, 0.1) is 45.6 Å². The van der Waals surface area contributed by atoms with E-state index >= 15 is 0 Å². The molecule has 0 saturated carbocycles. The molecule has 0 aliphatic heterocycles. The first kappa shape index (κ1) is 17.7. The number of hydrogen-bond acceptors (Lipinski definition) is 4. The molecular weight excluding hydrogens is 272 g/mol. The number of rotatable bonds is 2. The minimum atomic E-state index is 0.883. The minimum absolute atomic E-state index is 0.883. The van der Waals surface area contributed by atoms with E-state index in [0.29, 0.717) is 0 Å². The third-order valence-electron chi connectivity index (χ3n) is 3.42. The second-order valence-electron chi connectivity index (χ2n) is 5.14. The van der Waals surface area contributed by atoms with Crippen LogP contribution in [0.1, 0.15) is 45.6 Å². The van der Waals surface area contributed by atoms with Crippen molar-refractivity contribution in [2.45, 2.75) is 41.5 Å². The molecule has 0 aromatic carbocycles. The molecule has 0 atom stereocenters. The van der Waals surface area contributed by atoms with Crippen LogP contribution in [0.4, 0.5) is 0 Å². The van der Waals surface area contributed by atoms with E-state index in [9.17, 15) is 0 Å². The van der Waals surface area contributed by atoms with Crippen molar-refractivity contribution in [1.82, 2.24) is 19.9 Å². The van der Waals surface area contributed by atoms with E-state index < -0.39 is 0 Å². The Hall–Kier alpha value is -2.36. The van der Waals surface area contributed by atoms with Crippen molar-refractivity contribution >= 4 is 12.2 Å². The summed E-state index contributed by atoms with van der Waals surface area (Å²) in [7, 11) is 0. The normalized spacial score (nSPS) is 9.73. The molecule has 0 saturated heterocycles. The van der Waals surface area contributed by atoms with Gasteiger partial charge in [-0.15, -0.1) is 0 Å². The Morgan fingerprint density at radius 2 is 0.773 bits per heavy atom. The van der Waals surface area contributed by atoms with Gasteiger partial charge in [-0.1, -0.05) is 13.2 Å². The predicted molar refractivity (Wildman–Crippen MR) is 92.7 cm³/mol. The van der Waals surface area contributed by atoms with Gasteiger partial charge in [-0.25, -0.2) is 9.97 Å². The van der Waals surface area contributed by atoms with Crippen molar-refractivity contribution in [3.63, 3.8) is 0 Å². The van der Waals surface area contributed by atoms with Crippen LogP contribution in [0, 0.1) is 41.5 Å². The third kappa shape index (κ3) is 4.32. The van der Waals surface area contributed by atoms with Crippen LogP contribution in [-0.2, 0) is 0 Å². The summed E-state index contributed by atoms with van der Waals surface area (Å²) in [4.78, 5) is 17.2. The van der Waals surface area contributed by atoms with Crippen molar-refractivity contribution in [3.05, 3.63) is 58.7 Å². The summed E-state index contributed by atoms with van der Waals surface area (Å²) in [6.07, 6.45) is 3.46. The molecule has 116 valence electrons. The van der Waals surface area contributed by atoms with Crippen molar-refractivity contribution in [2.75, 3.05) is 0 Å². The largest absolute Gasteiger partial charge is 0.254 e. The Morgan fingerprint density at radius 3 is 1.05 bits per heavy atom. The maximum absolute atomic E-state index is 4.31. The maximum Gasteiger partial charge on any atom is 0.0839 e. The predicted octanol–water partition coefficient (Wildman–Crippen LogP) is 4.09. The summed E-state index contributed by atoms with van der Waals surface area (Å²) in [5.41, 5.74) is 7.60. The lowest BCUT2D eigenvalue weighted by Crippen LogP contribution is -1.97. The highest BCUT2D eigenvalue weighted by atomic mass is 14.8. The summed E-state index contributed by atoms with van der Waals surface area (Å²) in [6.45, 7) is 19.0. The molecule has 0 unspecified atom stereocenters. The third-order valence-corrected chi connectivity index (χ3v) is 3.42. The minimum Gasteiger partial charge on any atom is -0.254 e. The van der Waals surface area contributed by atoms with Crippen LogP contribution in [-0.4, -0.2) is 19.9 Å². The molecule has 0 amide bonds. The SMILES string of the molecule is C=Cc1nc(C)c(C)nc1C.C=Cc1nc(C)c(C)nc1C.